The van der Waals surface area contributed by atoms with E-state index in [1.165, 1.54) is 12.8 Å². The molecule has 1 saturated carbocycles. The maximum absolute atomic E-state index is 12.5. The van der Waals surface area contributed by atoms with Gasteiger partial charge >= 0.3 is 0 Å². The lowest BCUT2D eigenvalue weighted by molar-refractivity contribution is 0.0922. The summed E-state index contributed by atoms with van der Waals surface area (Å²) in [5.74, 6) is 6.67. The molecule has 2 rings (SSSR count). The average Bonchev–Trinajstić information content (AvgIpc) is 2.48. The highest BCUT2D eigenvalue weighted by Gasteiger charge is 2.21. The molecule has 1 aromatic rings. The molecule has 1 amide bonds. The maximum Gasteiger partial charge on any atom is 0.251 e. The van der Waals surface area contributed by atoms with Crippen LogP contribution in [0.2, 0.25) is 0 Å². The van der Waals surface area contributed by atoms with E-state index in [2.05, 4.69) is 24.1 Å². The molecule has 1 aliphatic carbocycles. The zero-order chi connectivity index (χ0) is 15.2. The second kappa shape index (κ2) is 7.28. The summed E-state index contributed by atoms with van der Waals surface area (Å²) in [4.78, 5) is 12.5. The minimum absolute atomic E-state index is 0.0171. The van der Waals surface area contributed by atoms with Crippen LogP contribution in [-0.4, -0.2) is 18.5 Å². The minimum Gasteiger partial charge on any atom is -0.349 e. The molecule has 0 radical (unpaired) electrons. The first kappa shape index (κ1) is 15.6. The van der Waals surface area contributed by atoms with Crippen molar-refractivity contribution in [1.82, 2.24) is 5.32 Å². The summed E-state index contributed by atoms with van der Waals surface area (Å²) < 4.78 is 0. The molecule has 1 aliphatic rings. The summed E-state index contributed by atoms with van der Waals surface area (Å²) in [5.41, 5.74) is 7.94. The monoisotopic (exact) mass is 284 g/mol. The van der Waals surface area contributed by atoms with Crippen molar-refractivity contribution in [2.45, 2.75) is 45.6 Å². The highest BCUT2D eigenvalue weighted by molar-refractivity contribution is 5.96. The lowest BCUT2D eigenvalue weighted by Gasteiger charge is -2.27. The standard InChI is InChI=1S/C18H24N2O/c1-13-8-10-16(11-9-13)20-18(21)17-7-3-5-15(14(17)2)6-4-12-19/h3,5,7,13,16H,8-12,19H2,1-2H3,(H,20,21). The fraction of sp³-hybridized carbons (Fsp3) is 0.500. The predicted octanol–water partition coefficient (Wildman–Crippen LogP) is 2.61. The quantitative estimate of drug-likeness (QED) is 0.820. The molecule has 1 aromatic carbocycles. The summed E-state index contributed by atoms with van der Waals surface area (Å²) in [6.45, 7) is 4.55. The number of benzene rings is 1. The predicted molar refractivity (Wildman–Crippen MR) is 86.0 cm³/mol. The molecule has 0 spiro atoms. The lowest BCUT2D eigenvalue weighted by atomic mass is 9.87. The van der Waals surface area contributed by atoms with Gasteiger partial charge in [0, 0.05) is 17.2 Å². The van der Waals surface area contributed by atoms with E-state index in [0.29, 0.717) is 12.6 Å². The summed E-state index contributed by atoms with van der Waals surface area (Å²) in [6.07, 6.45) is 4.56. The van der Waals surface area contributed by atoms with Gasteiger partial charge in [0.05, 0.1) is 6.54 Å². The van der Waals surface area contributed by atoms with Gasteiger partial charge in [-0.2, -0.15) is 0 Å². The maximum atomic E-state index is 12.5. The third kappa shape index (κ3) is 4.09. The minimum atomic E-state index is 0.0171. The molecule has 0 aromatic heterocycles. The van der Waals surface area contributed by atoms with E-state index in [-0.39, 0.29) is 5.91 Å². The molecule has 0 heterocycles. The van der Waals surface area contributed by atoms with Crippen LogP contribution in [0.1, 0.15) is 54.1 Å². The summed E-state index contributed by atoms with van der Waals surface area (Å²) in [7, 11) is 0. The van der Waals surface area contributed by atoms with Crippen LogP contribution in [-0.2, 0) is 0 Å². The molecular formula is C18H24N2O. The van der Waals surface area contributed by atoms with Gasteiger partial charge in [-0.1, -0.05) is 24.8 Å². The third-order valence-electron chi connectivity index (χ3n) is 4.25. The SMILES string of the molecule is Cc1c(C#CCN)cccc1C(=O)NC1CCC(C)CC1. The molecule has 112 valence electrons. The first-order chi connectivity index (χ1) is 10.1. The Balaban J connectivity index is 2.09. The second-order valence-electron chi connectivity index (χ2n) is 5.91. The average molecular weight is 284 g/mol. The van der Waals surface area contributed by atoms with Crippen LogP contribution in [0.3, 0.4) is 0 Å². The van der Waals surface area contributed by atoms with Crippen LogP contribution in [0.15, 0.2) is 18.2 Å². The molecule has 1 fully saturated rings. The fourth-order valence-corrected chi connectivity index (χ4v) is 2.83. The van der Waals surface area contributed by atoms with E-state index >= 15 is 0 Å². The first-order valence-electron chi connectivity index (χ1n) is 7.71. The Kier molecular flexibility index (Phi) is 5.41. The van der Waals surface area contributed by atoms with Crippen molar-refractivity contribution in [3.63, 3.8) is 0 Å². The molecule has 0 unspecified atom stereocenters. The van der Waals surface area contributed by atoms with Crippen LogP contribution in [0.5, 0.6) is 0 Å². The lowest BCUT2D eigenvalue weighted by Crippen LogP contribution is -2.37. The Hall–Kier alpha value is -1.79. The van der Waals surface area contributed by atoms with Crippen molar-refractivity contribution in [2.75, 3.05) is 6.54 Å². The number of hydrogen-bond donors (Lipinski definition) is 2. The van der Waals surface area contributed by atoms with Crippen LogP contribution in [0.4, 0.5) is 0 Å². The van der Waals surface area contributed by atoms with E-state index in [1.54, 1.807) is 0 Å². The highest BCUT2D eigenvalue weighted by Crippen LogP contribution is 2.24. The Morgan fingerprint density at radius 2 is 2.05 bits per heavy atom. The van der Waals surface area contributed by atoms with Gasteiger partial charge in [-0.25, -0.2) is 0 Å². The van der Waals surface area contributed by atoms with Crippen LogP contribution < -0.4 is 11.1 Å². The van der Waals surface area contributed by atoms with Crippen LogP contribution in [0, 0.1) is 24.7 Å². The molecule has 0 atom stereocenters. The van der Waals surface area contributed by atoms with Gasteiger partial charge in [-0.05, 0) is 56.2 Å². The normalized spacial score (nSPS) is 21.3. The van der Waals surface area contributed by atoms with E-state index in [9.17, 15) is 4.79 Å². The molecule has 3 heteroatoms. The number of carbonyl (C=O) groups excluding carboxylic acids is 1. The zero-order valence-electron chi connectivity index (χ0n) is 12.9. The van der Waals surface area contributed by atoms with Crippen LogP contribution >= 0.6 is 0 Å². The van der Waals surface area contributed by atoms with Crippen LogP contribution in [0.25, 0.3) is 0 Å². The molecule has 21 heavy (non-hydrogen) atoms. The van der Waals surface area contributed by atoms with Gasteiger partial charge in [-0.15, -0.1) is 0 Å². The molecule has 3 nitrogen and oxygen atoms in total. The zero-order valence-corrected chi connectivity index (χ0v) is 12.9. The Morgan fingerprint density at radius 1 is 1.33 bits per heavy atom. The van der Waals surface area contributed by atoms with Gasteiger partial charge in [-0.3, -0.25) is 4.79 Å². The van der Waals surface area contributed by atoms with Gasteiger partial charge < -0.3 is 11.1 Å². The first-order valence-corrected chi connectivity index (χ1v) is 7.71. The largest absolute Gasteiger partial charge is 0.349 e. The van der Waals surface area contributed by atoms with Gasteiger partial charge in [0.25, 0.3) is 5.91 Å². The molecule has 0 saturated heterocycles. The van der Waals surface area contributed by atoms with Gasteiger partial charge in [0.15, 0.2) is 0 Å². The second-order valence-corrected chi connectivity index (χ2v) is 5.91. The summed E-state index contributed by atoms with van der Waals surface area (Å²) in [6, 6.07) is 5.98. The Labute approximate surface area is 127 Å². The van der Waals surface area contributed by atoms with E-state index in [4.69, 9.17) is 5.73 Å². The van der Waals surface area contributed by atoms with Crippen molar-refractivity contribution >= 4 is 5.91 Å². The smallest absolute Gasteiger partial charge is 0.251 e. The third-order valence-corrected chi connectivity index (χ3v) is 4.25. The van der Waals surface area contributed by atoms with Crippen molar-refractivity contribution in [1.29, 1.82) is 0 Å². The van der Waals surface area contributed by atoms with Gasteiger partial charge in [0.2, 0.25) is 0 Å². The number of nitrogens with one attached hydrogen (secondary N) is 1. The van der Waals surface area contributed by atoms with Crippen molar-refractivity contribution in [2.24, 2.45) is 11.7 Å². The number of rotatable bonds is 2. The van der Waals surface area contributed by atoms with E-state index in [0.717, 1.165) is 35.4 Å². The van der Waals surface area contributed by atoms with E-state index < -0.39 is 0 Å². The molecule has 0 aliphatic heterocycles. The van der Waals surface area contributed by atoms with Crippen molar-refractivity contribution in [3.8, 4) is 11.8 Å². The summed E-state index contributed by atoms with van der Waals surface area (Å²) in [5, 5.41) is 3.17. The topological polar surface area (TPSA) is 55.1 Å². The Bertz CT molecular complexity index is 560. The van der Waals surface area contributed by atoms with E-state index in [1.807, 2.05) is 25.1 Å². The van der Waals surface area contributed by atoms with Crippen molar-refractivity contribution in [3.05, 3.63) is 34.9 Å². The fourth-order valence-electron chi connectivity index (χ4n) is 2.83. The number of carbonyl (C=O) groups is 1. The van der Waals surface area contributed by atoms with Crippen molar-refractivity contribution < 1.29 is 4.79 Å². The number of nitrogens with two attached hydrogens (primary N) is 1. The number of hydrogen-bond acceptors (Lipinski definition) is 2. The highest BCUT2D eigenvalue weighted by atomic mass is 16.1. The Morgan fingerprint density at radius 3 is 2.71 bits per heavy atom. The molecular weight excluding hydrogens is 260 g/mol. The van der Waals surface area contributed by atoms with Gasteiger partial charge in [0.1, 0.15) is 0 Å². The summed E-state index contributed by atoms with van der Waals surface area (Å²) >= 11 is 0. The number of amides is 1. The molecule has 0 bridgehead atoms. The molecule has 3 N–H and O–H groups in total.